The average molecular weight is 277 g/mol. The van der Waals surface area contributed by atoms with E-state index in [-0.39, 0.29) is 6.04 Å². The van der Waals surface area contributed by atoms with E-state index in [1.165, 1.54) is 6.20 Å². The first-order valence-corrected chi connectivity index (χ1v) is 7.82. The molecule has 0 unspecified atom stereocenters. The van der Waals surface area contributed by atoms with E-state index in [0.29, 0.717) is 17.3 Å². The molecule has 1 heterocycles. The molecule has 0 saturated heterocycles. The Morgan fingerprint density at radius 1 is 1.53 bits per heavy atom. The lowest BCUT2D eigenvalue weighted by atomic mass is 10.5. The molecule has 0 amide bonds. The molecule has 1 N–H and O–H groups in total. The normalized spacial score (nSPS) is 16.6. The lowest BCUT2D eigenvalue weighted by Crippen LogP contribution is -2.33. The SMILES string of the molecule is CCCN(C1CC1)S(=O)(=O)c1c[nH]c(CCl)c1. The van der Waals surface area contributed by atoms with Gasteiger partial charge in [-0.05, 0) is 25.3 Å². The number of sulfonamides is 1. The predicted molar refractivity (Wildman–Crippen MR) is 67.6 cm³/mol. The Morgan fingerprint density at radius 2 is 2.24 bits per heavy atom. The topological polar surface area (TPSA) is 53.2 Å². The second-order valence-corrected chi connectivity index (χ2v) is 6.50. The summed E-state index contributed by atoms with van der Waals surface area (Å²) in [6, 6.07) is 1.82. The van der Waals surface area contributed by atoms with Crippen LogP contribution in [0.4, 0.5) is 0 Å². The number of hydrogen-bond acceptors (Lipinski definition) is 2. The molecule has 2 rings (SSSR count). The molecule has 17 heavy (non-hydrogen) atoms. The zero-order valence-corrected chi connectivity index (χ0v) is 11.4. The maximum absolute atomic E-state index is 12.4. The number of aromatic nitrogens is 1. The van der Waals surface area contributed by atoms with Gasteiger partial charge in [-0.3, -0.25) is 0 Å². The number of H-pyrrole nitrogens is 1. The van der Waals surface area contributed by atoms with Crippen LogP contribution in [0.2, 0.25) is 0 Å². The van der Waals surface area contributed by atoms with Crippen LogP contribution in [0.25, 0.3) is 0 Å². The van der Waals surface area contributed by atoms with Crippen LogP contribution in [0, 0.1) is 0 Å². The molecule has 1 aliphatic carbocycles. The minimum atomic E-state index is -3.35. The van der Waals surface area contributed by atoms with Crippen LogP contribution >= 0.6 is 11.6 Å². The van der Waals surface area contributed by atoms with Crippen molar-refractivity contribution in [2.45, 2.75) is 43.0 Å². The molecule has 1 fully saturated rings. The van der Waals surface area contributed by atoms with E-state index in [9.17, 15) is 8.42 Å². The molecule has 0 aliphatic heterocycles. The van der Waals surface area contributed by atoms with Crippen molar-refractivity contribution in [1.82, 2.24) is 9.29 Å². The molecule has 6 heteroatoms. The van der Waals surface area contributed by atoms with Crippen molar-refractivity contribution in [3.63, 3.8) is 0 Å². The van der Waals surface area contributed by atoms with E-state index in [1.807, 2.05) is 6.92 Å². The average Bonchev–Trinajstić information content (AvgIpc) is 3.01. The van der Waals surface area contributed by atoms with Crippen molar-refractivity contribution in [2.75, 3.05) is 6.54 Å². The zero-order chi connectivity index (χ0) is 12.5. The van der Waals surface area contributed by atoms with Gasteiger partial charge in [-0.2, -0.15) is 4.31 Å². The lowest BCUT2D eigenvalue weighted by molar-refractivity contribution is 0.403. The summed E-state index contributed by atoms with van der Waals surface area (Å²) < 4.78 is 26.4. The number of hydrogen-bond donors (Lipinski definition) is 1. The van der Waals surface area contributed by atoms with Gasteiger partial charge in [0, 0.05) is 24.5 Å². The van der Waals surface area contributed by atoms with Crippen LogP contribution in [0.15, 0.2) is 17.2 Å². The minimum Gasteiger partial charge on any atom is -0.363 e. The minimum absolute atomic E-state index is 0.203. The quantitative estimate of drug-likeness (QED) is 0.811. The summed E-state index contributed by atoms with van der Waals surface area (Å²) in [5.41, 5.74) is 0.734. The maximum Gasteiger partial charge on any atom is 0.244 e. The number of nitrogens with one attached hydrogen (secondary N) is 1. The van der Waals surface area contributed by atoms with Gasteiger partial charge >= 0.3 is 0 Å². The van der Waals surface area contributed by atoms with Gasteiger partial charge in [-0.15, -0.1) is 11.6 Å². The van der Waals surface area contributed by atoms with Gasteiger partial charge in [0.25, 0.3) is 0 Å². The maximum atomic E-state index is 12.4. The molecule has 0 bridgehead atoms. The standard InChI is InChI=1S/C11H17ClN2O2S/c1-2-5-14(10-3-4-10)17(15,16)11-6-9(7-12)13-8-11/h6,8,10,13H,2-5,7H2,1H3. The molecule has 1 aliphatic rings. The summed E-state index contributed by atoms with van der Waals surface area (Å²) in [6.45, 7) is 2.58. The zero-order valence-electron chi connectivity index (χ0n) is 9.82. The van der Waals surface area contributed by atoms with E-state index < -0.39 is 10.0 Å². The third-order valence-corrected chi connectivity index (χ3v) is 5.08. The lowest BCUT2D eigenvalue weighted by Gasteiger charge is -2.20. The highest BCUT2D eigenvalue weighted by molar-refractivity contribution is 7.89. The van der Waals surface area contributed by atoms with E-state index >= 15 is 0 Å². The van der Waals surface area contributed by atoms with Crippen LogP contribution in [-0.2, 0) is 15.9 Å². The van der Waals surface area contributed by atoms with Gasteiger partial charge in [-0.1, -0.05) is 6.92 Å². The molecule has 1 aromatic heterocycles. The summed E-state index contributed by atoms with van der Waals surface area (Å²) in [6.07, 6.45) is 4.32. The molecule has 0 radical (unpaired) electrons. The molecule has 4 nitrogen and oxygen atoms in total. The molecule has 0 atom stereocenters. The Morgan fingerprint density at radius 3 is 2.71 bits per heavy atom. The second-order valence-electron chi connectivity index (χ2n) is 4.34. The first kappa shape index (κ1) is 12.9. The molecule has 96 valence electrons. The summed E-state index contributed by atoms with van der Waals surface area (Å²) in [7, 11) is -3.35. The van der Waals surface area contributed by atoms with Crippen molar-refractivity contribution >= 4 is 21.6 Å². The number of aromatic amines is 1. The third-order valence-electron chi connectivity index (χ3n) is 2.87. The van der Waals surface area contributed by atoms with Crippen molar-refractivity contribution in [1.29, 1.82) is 0 Å². The van der Waals surface area contributed by atoms with E-state index in [1.54, 1.807) is 10.4 Å². The van der Waals surface area contributed by atoms with Crippen molar-refractivity contribution in [3.8, 4) is 0 Å². The van der Waals surface area contributed by atoms with Crippen molar-refractivity contribution < 1.29 is 8.42 Å². The van der Waals surface area contributed by atoms with E-state index in [0.717, 1.165) is 25.0 Å². The second kappa shape index (κ2) is 5.00. The van der Waals surface area contributed by atoms with Gasteiger partial charge in [0.1, 0.15) is 0 Å². The Labute approximate surface area is 107 Å². The van der Waals surface area contributed by atoms with Gasteiger partial charge in [0.2, 0.25) is 10.0 Å². The highest BCUT2D eigenvalue weighted by atomic mass is 35.5. The molecular formula is C11H17ClN2O2S. The number of alkyl halides is 1. The fourth-order valence-electron chi connectivity index (χ4n) is 1.86. The number of rotatable bonds is 6. The monoisotopic (exact) mass is 276 g/mol. The Kier molecular flexibility index (Phi) is 3.80. The largest absolute Gasteiger partial charge is 0.363 e. The molecule has 1 aromatic rings. The van der Waals surface area contributed by atoms with Gasteiger partial charge < -0.3 is 4.98 Å². The molecule has 0 aromatic carbocycles. The van der Waals surface area contributed by atoms with Crippen LogP contribution in [0.1, 0.15) is 31.9 Å². The number of nitrogens with zero attached hydrogens (tertiary/aromatic N) is 1. The Balaban J connectivity index is 2.26. The van der Waals surface area contributed by atoms with Gasteiger partial charge in [-0.25, -0.2) is 8.42 Å². The Hall–Kier alpha value is -0.520. The fraction of sp³-hybridized carbons (Fsp3) is 0.636. The first-order valence-electron chi connectivity index (χ1n) is 5.84. The molecule has 0 spiro atoms. The fourth-order valence-corrected chi connectivity index (χ4v) is 3.81. The van der Waals surface area contributed by atoms with Crippen LogP contribution in [0.5, 0.6) is 0 Å². The van der Waals surface area contributed by atoms with Crippen molar-refractivity contribution in [2.24, 2.45) is 0 Å². The van der Waals surface area contributed by atoms with Crippen LogP contribution in [0.3, 0.4) is 0 Å². The molecular weight excluding hydrogens is 260 g/mol. The van der Waals surface area contributed by atoms with E-state index in [2.05, 4.69) is 4.98 Å². The summed E-state index contributed by atoms with van der Waals surface area (Å²) in [5.74, 6) is 0.298. The third kappa shape index (κ3) is 2.67. The van der Waals surface area contributed by atoms with Crippen LogP contribution < -0.4 is 0 Å². The smallest absolute Gasteiger partial charge is 0.244 e. The number of halogens is 1. The highest BCUT2D eigenvalue weighted by Crippen LogP contribution is 2.32. The highest BCUT2D eigenvalue weighted by Gasteiger charge is 2.37. The van der Waals surface area contributed by atoms with E-state index in [4.69, 9.17) is 11.6 Å². The summed E-state index contributed by atoms with van der Waals surface area (Å²) in [4.78, 5) is 3.21. The predicted octanol–water partition coefficient (Wildman–Crippen LogP) is 2.32. The van der Waals surface area contributed by atoms with Crippen LogP contribution in [-0.4, -0.2) is 30.3 Å². The first-order chi connectivity index (χ1) is 8.09. The summed E-state index contributed by atoms with van der Waals surface area (Å²) in [5, 5.41) is 0. The molecule has 1 saturated carbocycles. The van der Waals surface area contributed by atoms with Crippen molar-refractivity contribution in [3.05, 3.63) is 18.0 Å². The van der Waals surface area contributed by atoms with Gasteiger partial charge in [0.15, 0.2) is 0 Å². The Bertz CT molecular complexity index is 479. The van der Waals surface area contributed by atoms with Gasteiger partial charge in [0.05, 0.1) is 10.8 Å². The summed E-state index contributed by atoms with van der Waals surface area (Å²) >= 11 is 5.67.